The minimum absolute atomic E-state index is 0.0956. The van der Waals surface area contributed by atoms with Crippen LogP contribution in [-0.4, -0.2) is 10.4 Å². The highest BCUT2D eigenvalue weighted by Gasteiger charge is 2.22. The van der Waals surface area contributed by atoms with Crippen LogP contribution in [0.2, 0.25) is 0 Å². The molecule has 1 aliphatic rings. The summed E-state index contributed by atoms with van der Waals surface area (Å²) in [5.74, 6) is 0. The average Bonchev–Trinajstić information content (AvgIpc) is 2.09. The molecule has 0 unspecified atom stereocenters. The van der Waals surface area contributed by atoms with Crippen LogP contribution in [0.4, 0.5) is 0 Å². The van der Waals surface area contributed by atoms with E-state index >= 15 is 0 Å². The SMILES string of the molecule is C=C1C=CC(C)(C)C=CN1C(C)(C)C. The second-order valence-electron chi connectivity index (χ2n) is 5.50. The molecule has 1 aliphatic heterocycles. The third-order valence-corrected chi connectivity index (χ3v) is 2.39. The Morgan fingerprint density at radius 1 is 1.21 bits per heavy atom. The van der Waals surface area contributed by atoms with Crippen LogP contribution in [0.15, 0.2) is 36.7 Å². The zero-order valence-corrected chi connectivity index (χ0v) is 9.96. The van der Waals surface area contributed by atoms with Gasteiger partial charge in [0, 0.05) is 22.9 Å². The van der Waals surface area contributed by atoms with Crippen LogP contribution in [0.1, 0.15) is 34.6 Å². The summed E-state index contributed by atoms with van der Waals surface area (Å²) in [7, 11) is 0. The van der Waals surface area contributed by atoms with Crippen LogP contribution in [0, 0.1) is 5.41 Å². The zero-order valence-electron chi connectivity index (χ0n) is 9.96. The van der Waals surface area contributed by atoms with Gasteiger partial charge in [0.15, 0.2) is 0 Å². The maximum Gasteiger partial charge on any atom is 0.0361 e. The molecule has 1 heteroatoms. The molecule has 0 atom stereocenters. The van der Waals surface area contributed by atoms with Crippen molar-refractivity contribution in [3.05, 3.63) is 36.7 Å². The molecule has 0 saturated carbocycles. The van der Waals surface area contributed by atoms with Gasteiger partial charge in [-0.2, -0.15) is 0 Å². The highest BCUT2D eigenvalue weighted by Crippen LogP contribution is 2.28. The summed E-state index contributed by atoms with van der Waals surface area (Å²) in [5.41, 5.74) is 1.28. The predicted octanol–water partition coefficient (Wildman–Crippen LogP) is 3.71. The van der Waals surface area contributed by atoms with E-state index in [2.05, 4.69) is 70.5 Å². The Labute approximate surface area is 87.8 Å². The van der Waals surface area contributed by atoms with E-state index in [4.69, 9.17) is 0 Å². The van der Waals surface area contributed by atoms with E-state index < -0.39 is 0 Å². The van der Waals surface area contributed by atoms with Crippen molar-refractivity contribution in [2.75, 3.05) is 0 Å². The molecule has 0 saturated heterocycles. The van der Waals surface area contributed by atoms with Gasteiger partial charge < -0.3 is 4.90 Å². The highest BCUT2D eigenvalue weighted by molar-refractivity contribution is 5.26. The molecule has 78 valence electrons. The van der Waals surface area contributed by atoms with Gasteiger partial charge in [0.05, 0.1) is 0 Å². The minimum Gasteiger partial charge on any atom is -0.344 e. The molecular weight excluding hydrogens is 170 g/mol. The van der Waals surface area contributed by atoms with Crippen LogP contribution >= 0.6 is 0 Å². The van der Waals surface area contributed by atoms with E-state index in [-0.39, 0.29) is 11.0 Å². The quantitative estimate of drug-likeness (QED) is 0.564. The summed E-state index contributed by atoms with van der Waals surface area (Å²) in [6.45, 7) is 15.0. The van der Waals surface area contributed by atoms with E-state index in [0.717, 1.165) is 5.70 Å². The molecule has 0 bridgehead atoms. The van der Waals surface area contributed by atoms with Gasteiger partial charge in [0.1, 0.15) is 0 Å². The second kappa shape index (κ2) is 3.30. The Morgan fingerprint density at radius 3 is 2.29 bits per heavy atom. The van der Waals surface area contributed by atoms with Crippen LogP contribution in [0.25, 0.3) is 0 Å². The standard InChI is InChI=1S/C13H21N/c1-11-7-8-13(5,6)9-10-14(11)12(2,3)4/h7-10H,1H2,2-6H3. The first-order chi connectivity index (χ1) is 6.22. The van der Waals surface area contributed by atoms with Crippen molar-refractivity contribution < 1.29 is 0 Å². The zero-order chi connectivity index (χ0) is 11.0. The summed E-state index contributed by atoms with van der Waals surface area (Å²) in [6, 6.07) is 0. The molecule has 0 amide bonds. The third kappa shape index (κ3) is 2.50. The second-order valence-corrected chi connectivity index (χ2v) is 5.50. The van der Waals surface area contributed by atoms with E-state index in [1.165, 1.54) is 0 Å². The first kappa shape index (κ1) is 11.1. The topological polar surface area (TPSA) is 3.24 Å². The van der Waals surface area contributed by atoms with Crippen molar-refractivity contribution in [1.29, 1.82) is 0 Å². The molecule has 0 aromatic heterocycles. The van der Waals surface area contributed by atoms with E-state index in [1.54, 1.807) is 0 Å². The van der Waals surface area contributed by atoms with E-state index in [9.17, 15) is 0 Å². The molecule has 0 aliphatic carbocycles. The van der Waals surface area contributed by atoms with Crippen molar-refractivity contribution in [2.45, 2.75) is 40.2 Å². The van der Waals surface area contributed by atoms with Gasteiger partial charge in [0.25, 0.3) is 0 Å². The molecule has 14 heavy (non-hydrogen) atoms. The molecule has 0 radical (unpaired) electrons. The van der Waals surface area contributed by atoms with Crippen molar-refractivity contribution in [2.24, 2.45) is 5.41 Å². The van der Waals surface area contributed by atoms with Crippen molar-refractivity contribution >= 4 is 0 Å². The monoisotopic (exact) mass is 191 g/mol. The van der Waals surface area contributed by atoms with Gasteiger partial charge in [-0.25, -0.2) is 0 Å². The summed E-state index contributed by atoms with van der Waals surface area (Å²) < 4.78 is 0. The maximum absolute atomic E-state index is 4.08. The Balaban J connectivity index is 3.03. The molecule has 0 N–H and O–H groups in total. The summed E-state index contributed by atoms with van der Waals surface area (Å²) >= 11 is 0. The normalized spacial score (nSPS) is 21.2. The van der Waals surface area contributed by atoms with Gasteiger partial charge in [-0.15, -0.1) is 0 Å². The van der Waals surface area contributed by atoms with Gasteiger partial charge in [-0.1, -0.05) is 32.6 Å². The molecular formula is C13H21N. The Morgan fingerprint density at radius 2 is 1.79 bits per heavy atom. The van der Waals surface area contributed by atoms with Crippen LogP contribution < -0.4 is 0 Å². The van der Waals surface area contributed by atoms with Crippen LogP contribution in [0.5, 0.6) is 0 Å². The van der Waals surface area contributed by atoms with Crippen LogP contribution in [0.3, 0.4) is 0 Å². The summed E-state index contributed by atoms with van der Waals surface area (Å²) in [4.78, 5) is 2.21. The number of rotatable bonds is 0. The number of hydrogen-bond acceptors (Lipinski definition) is 1. The largest absolute Gasteiger partial charge is 0.344 e. The fourth-order valence-corrected chi connectivity index (χ4v) is 1.46. The number of nitrogens with zero attached hydrogens (tertiary/aromatic N) is 1. The van der Waals surface area contributed by atoms with E-state index in [0.29, 0.717) is 0 Å². The lowest BCUT2D eigenvalue weighted by Gasteiger charge is -2.34. The lowest BCUT2D eigenvalue weighted by molar-refractivity contribution is 0.266. The predicted molar refractivity (Wildman–Crippen MR) is 62.8 cm³/mol. The molecule has 1 rings (SSSR count). The Bertz CT molecular complexity index is 287. The molecule has 1 heterocycles. The molecule has 0 spiro atoms. The molecule has 0 aromatic carbocycles. The summed E-state index contributed by atoms with van der Waals surface area (Å²) in [6.07, 6.45) is 8.65. The lowest BCUT2D eigenvalue weighted by Crippen LogP contribution is -2.35. The number of hydrogen-bond donors (Lipinski definition) is 0. The summed E-state index contributed by atoms with van der Waals surface area (Å²) in [5, 5.41) is 0. The fraction of sp³-hybridized carbons (Fsp3) is 0.538. The van der Waals surface area contributed by atoms with Crippen molar-refractivity contribution in [3.8, 4) is 0 Å². The first-order valence-corrected chi connectivity index (χ1v) is 5.09. The molecule has 1 nitrogen and oxygen atoms in total. The Hall–Kier alpha value is -0.980. The first-order valence-electron chi connectivity index (χ1n) is 5.09. The van der Waals surface area contributed by atoms with Gasteiger partial charge in [0.2, 0.25) is 0 Å². The van der Waals surface area contributed by atoms with Gasteiger partial charge in [-0.3, -0.25) is 0 Å². The van der Waals surface area contributed by atoms with E-state index in [1.807, 2.05) is 0 Å². The van der Waals surface area contributed by atoms with Crippen molar-refractivity contribution in [3.63, 3.8) is 0 Å². The van der Waals surface area contributed by atoms with Gasteiger partial charge in [-0.05, 0) is 26.8 Å². The smallest absolute Gasteiger partial charge is 0.0361 e. The number of allylic oxidation sites excluding steroid dienone is 3. The third-order valence-electron chi connectivity index (χ3n) is 2.39. The molecule has 0 aromatic rings. The average molecular weight is 191 g/mol. The molecule has 0 fully saturated rings. The highest BCUT2D eigenvalue weighted by atomic mass is 15.2. The fourth-order valence-electron chi connectivity index (χ4n) is 1.46. The van der Waals surface area contributed by atoms with Crippen LogP contribution in [-0.2, 0) is 0 Å². The van der Waals surface area contributed by atoms with Gasteiger partial charge >= 0.3 is 0 Å². The van der Waals surface area contributed by atoms with Crippen molar-refractivity contribution in [1.82, 2.24) is 4.90 Å². The minimum atomic E-state index is 0.0956. The Kier molecular flexibility index (Phi) is 2.62. The lowest BCUT2D eigenvalue weighted by atomic mass is 9.93. The maximum atomic E-state index is 4.08.